The van der Waals surface area contributed by atoms with Crippen LogP contribution in [0.25, 0.3) is 16.6 Å². The summed E-state index contributed by atoms with van der Waals surface area (Å²) in [5.41, 5.74) is 6.76. The Bertz CT molecular complexity index is 1030. The second-order valence-corrected chi connectivity index (χ2v) is 7.01. The predicted octanol–water partition coefficient (Wildman–Crippen LogP) is 3.55. The van der Waals surface area contributed by atoms with E-state index in [4.69, 9.17) is 6.42 Å². The van der Waals surface area contributed by atoms with Crippen LogP contribution < -0.4 is 0 Å². The van der Waals surface area contributed by atoms with Crippen molar-refractivity contribution in [3.8, 4) is 12.3 Å². The number of benzene rings is 1. The summed E-state index contributed by atoms with van der Waals surface area (Å²) in [6.45, 7) is 6.53. The third-order valence-corrected chi connectivity index (χ3v) is 4.33. The third-order valence-electron chi connectivity index (χ3n) is 4.33. The van der Waals surface area contributed by atoms with Crippen LogP contribution in [0.4, 0.5) is 0 Å². The van der Waals surface area contributed by atoms with E-state index in [9.17, 15) is 0 Å². The van der Waals surface area contributed by atoms with Crippen molar-refractivity contribution in [2.75, 3.05) is 0 Å². The van der Waals surface area contributed by atoms with Crippen molar-refractivity contribution in [2.24, 2.45) is 0 Å². The van der Waals surface area contributed by atoms with Gasteiger partial charge >= 0.3 is 0 Å². The maximum Gasteiger partial charge on any atom is 0.131 e. The molecule has 0 spiro atoms. The summed E-state index contributed by atoms with van der Waals surface area (Å²) < 4.78 is 2.20. The van der Waals surface area contributed by atoms with E-state index in [1.54, 1.807) is 6.20 Å². The number of fused-ring (bicyclic) bond motifs is 2. The van der Waals surface area contributed by atoms with Crippen molar-refractivity contribution in [1.82, 2.24) is 19.5 Å². The molecule has 1 aliphatic rings. The molecule has 4 rings (SSSR count). The van der Waals surface area contributed by atoms with Crippen molar-refractivity contribution in [1.29, 1.82) is 0 Å². The average Bonchev–Trinajstić information content (AvgIpc) is 3.16. The van der Waals surface area contributed by atoms with E-state index in [0.29, 0.717) is 5.69 Å². The first-order valence-electron chi connectivity index (χ1n) is 7.98. The number of nitrogens with zero attached hydrogens (tertiary/aromatic N) is 4. The highest BCUT2D eigenvalue weighted by molar-refractivity contribution is 5.87. The van der Waals surface area contributed by atoms with Gasteiger partial charge < -0.3 is 4.57 Å². The molecule has 0 saturated heterocycles. The van der Waals surface area contributed by atoms with Gasteiger partial charge in [-0.25, -0.2) is 9.97 Å². The van der Waals surface area contributed by atoms with E-state index in [-0.39, 0.29) is 5.54 Å². The topological polar surface area (TPSA) is 43.6 Å². The molecule has 24 heavy (non-hydrogen) atoms. The van der Waals surface area contributed by atoms with Crippen molar-refractivity contribution >= 4 is 16.6 Å². The lowest BCUT2D eigenvalue weighted by Crippen LogP contribution is -2.20. The normalized spacial score (nSPS) is 13.7. The van der Waals surface area contributed by atoms with Gasteiger partial charge in [0.2, 0.25) is 0 Å². The second-order valence-electron chi connectivity index (χ2n) is 7.01. The van der Waals surface area contributed by atoms with Crippen LogP contribution in [0.15, 0.2) is 36.8 Å². The lowest BCUT2D eigenvalue weighted by Gasteiger charge is -2.21. The maximum absolute atomic E-state index is 5.47. The van der Waals surface area contributed by atoms with Gasteiger partial charge in [-0.3, -0.25) is 4.98 Å². The minimum absolute atomic E-state index is 0.0220. The standard InChI is InChI=1S/C20H18N4/c1-5-14-11-21-17-9-7-15(19(17)23-14)13-6-8-16-18(10-13)24(12-22-16)20(2,3)4/h1,6-8,10-12H,9H2,2-4H3. The molecule has 1 aromatic carbocycles. The van der Waals surface area contributed by atoms with Gasteiger partial charge in [0.05, 0.1) is 34.9 Å². The minimum Gasteiger partial charge on any atom is -0.325 e. The molecule has 2 aromatic heterocycles. The fourth-order valence-electron chi connectivity index (χ4n) is 3.11. The van der Waals surface area contributed by atoms with Crippen LogP contribution in [-0.4, -0.2) is 19.5 Å². The minimum atomic E-state index is -0.0220. The van der Waals surface area contributed by atoms with Gasteiger partial charge in [0.15, 0.2) is 0 Å². The Morgan fingerprint density at radius 1 is 1.21 bits per heavy atom. The Balaban J connectivity index is 1.87. The number of imidazole rings is 1. The van der Waals surface area contributed by atoms with Crippen LogP contribution in [-0.2, 0) is 12.0 Å². The zero-order chi connectivity index (χ0) is 16.9. The molecular weight excluding hydrogens is 296 g/mol. The highest BCUT2D eigenvalue weighted by Crippen LogP contribution is 2.32. The fraction of sp³-hybridized carbons (Fsp3) is 0.250. The molecule has 0 unspecified atom stereocenters. The summed E-state index contributed by atoms with van der Waals surface area (Å²) in [4.78, 5) is 13.5. The van der Waals surface area contributed by atoms with E-state index < -0.39 is 0 Å². The molecular formula is C20H18N4. The zero-order valence-electron chi connectivity index (χ0n) is 14.0. The number of allylic oxidation sites excluding steroid dienone is 1. The second kappa shape index (κ2) is 5.04. The molecule has 118 valence electrons. The van der Waals surface area contributed by atoms with Crippen molar-refractivity contribution < 1.29 is 0 Å². The largest absolute Gasteiger partial charge is 0.325 e. The van der Waals surface area contributed by atoms with E-state index in [1.807, 2.05) is 6.33 Å². The van der Waals surface area contributed by atoms with Gasteiger partial charge in [-0.05, 0) is 44.4 Å². The van der Waals surface area contributed by atoms with Crippen LogP contribution in [0.1, 0.15) is 43.4 Å². The van der Waals surface area contributed by atoms with Gasteiger partial charge in [-0.1, -0.05) is 12.1 Å². The molecule has 0 bridgehead atoms. The van der Waals surface area contributed by atoms with Gasteiger partial charge in [0, 0.05) is 17.5 Å². The number of hydrogen-bond acceptors (Lipinski definition) is 3. The molecule has 1 aliphatic carbocycles. The molecule has 0 aliphatic heterocycles. The quantitative estimate of drug-likeness (QED) is 0.645. The highest BCUT2D eigenvalue weighted by Gasteiger charge is 2.21. The Hall–Kier alpha value is -2.93. The molecule has 3 aromatic rings. The summed E-state index contributed by atoms with van der Waals surface area (Å²) in [5, 5.41) is 0. The molecule has 0 fully saturated rings. The van der Waals surface area contributed by atoms with Crippen LogP contribution in [0.3, 0.4) is 0 Å². The molecule has 0 N–H and O–H groups in total. The zero-order valence-corrected chi connectivity index (χ0v) is 14.0. The molecule has 2 heterocycles. The Morgan fingerprint density at radius 3 is 2.79 bits per heavy atom. The third kappa shape index (κ3) is 2.21. The first-order valence-corrected chi connectivity index (χ1v) is 7.98. The number of aromatic nitrogens is 4. The summed E-state index contributed by atoms with van der Waals surface area (Å²) >= 11 is 0. The number of rotatable bonds is 1. The first-order chi connectivity index (χ1) is 11.5. The summed E-state index contributed by atoms with van der Waals surface area (Å²) in [6.07, 6.45) is 12.0. The smallest absolute Gasteiger partial charge is 0.131 e. The molecule has 0 radical (unpaired) electrons. The molecule has 4 heteroatoms. The Labute approximate surface area is 141 Å². The predicted molar refractivity (Wildman–Crippen MR) is 95.5 cm³/mol. The Kier molecular flexibility index (Phi) is 3.07. The SMILES string of the molecule is C#Cc1cnc2c(n1)C(c1ccc3ncn(C(C)(C)C)c3c1)=CC2. The van der Waals surface area contributed by atoms with E-state index >= 15 is 0 Å². The monoisotopic (exact) mass is 314 g/mol. The summed E-state index contributed by atoms with van der Waals surface area (Å²) in [5.74, 6) is 2.57. The lowest BCUT2D eigenvalue weighted by molar-refractivity contribution is 0.408. The summed E-state index contributed by atoms with van der Waals surface area (Å²) in [7, 11) is 0. The summed E-state index contributed by atoms with van der Waals surface area (Å²) in [6, 6.07) is 6.33. The van der Waals surface area contributed by atoms with E-state index in [2.05, 4.69) is 70.5 Å². The van der Waals surface area contributed by atoms with Gasteiger partial charge in [0.1, 0.15) is 5.69 Å². The Morgan fingerprint density at radius 2 is 2.04 bits per heavy atom. The van der Waals surface area contributed by atoms with Gasteiger partial charge in [0.25, 0.3) is 0 Å². The fourth-order valence-corrected chi connectivity index (χ4v) is 3.11. The van der Waals surface area contributed by atoms with Crippen LogP contribution in [0, 0.1) is 12.3 Å². The highest BCUT2D eigenvalue weighted by atomic mass is 15.1. The van der Waals surface area contributed by atoms with E-state index in [1.165, 1.54) is 0 Å². The molecule has 0 amide bonds. The van der Waals surface area contributed by atoms with Crippen LogP contribution >= 0.6 is 0 Å². The maximum atomic E-state index is 5.47. The molecule has 4 nitrogen and oxygen atoms in total. The van der Waals surface area contributed by atoms with E-state index in [0.717, 1.165) is 40.0 Å². The first kappa shape index (κ1) is 14.6. The lowest BCUT2D eigenvalue weighted by atomic mass is 10.0. The average molecular weight is 314 g/mol. The van der Waals surface area contributed by atoms with Crippen molar-refractivity contribution in [2.45, 2.75) is 32.7 Å². The van der Waals surface area contributed by atoms with Crippen LogP contribution in [0.5, 0.6) is 0 Å². The van der Waals surface area contributed by atoms with Gasteiger partial charge in [-0.15, -0.1) is 6.42 Å². The molecule has 0 atom stereocenters. The van der Waals surface area contributed by atoms with Gasteiger partial charge in [-0.2, -0.15) is 0 Å². The molecule has 0 saturated carbocycles. The van der Waals surface area contributed by atoms with Crippen molar-refractivity contribution in [3.63, 3.8) is 0 Å². The van der Waals surface area contributed by atoms with Crippen molar-refractivity contribution in [3.05, 3.63) is 59.4 Å². The number of terminal acetylenes is 1. The number of hydrogen-bond donors (Lipinski definition) is 0. The van der Waals surface area contributed by atoms with Crippen LogP contribution in [0.2, 0.25) is 0 Å².